The number of nitrogens with zero attached hydrogens (tertiary/aromatic N) is 2. The Kier molecular flexibility index (Phi) is 2.32. The number of carbonyl (C=O) groups is 1. The van der Waals surface area contributed by atoms with Crippen LogP contribution in [-0.2, 0) is 4.74 Å². The highest BCUT2D eigenvalue weighted by molar-refractivity contribution is 6.03. The summed E-state index contributed by atoms with van der Waals surface area (Å²) in [6.45, 7) is 3.41. The van der Waals surface area contributed by atoms with Crippen molar-refractivity contribution in [1.29, 1.82) is 0 Å². The minimum Gasteiger partial charge on any atom is -0.423 e. The Labute approximate surface area is 115 Å². The molecular formula is C14H14N3O3. The SMILES string of the molecule is NC(=O)c1[c]ccc2oc(N3CC4(CCOC4)C3)nc12. The number of amides is 1. The van der Waals surface area contributed by atoms with Gasteiger partial charge in [0.25, 0.3) is 11.9 Å². The molecule has 20 heavy (non-hydrogen) atoms. The number of rotatable bonds is 2. The van der Waals surface area contributed by atoms with Crippen LogP contribution in [0, 0.1) is 11.5 Å². The molecule has 0 aliphatic carbocycles. The van der Waals surface area contributed by atoms with Gasteiger partial charge < -0.3 is 19.8 Å². The van der Waals surface area contributed by atoms with Gasteiger partial charge in [0.05, 0.1) is 12.2 Å². The van der Waals surface area contributed by atoms with Crippen LogP contribution in [0.2, 0.25) is 0 Å². The van der Waals surface area contributed by atoms with Crippen molar-refractivity contribution in [3.05, 3.63) is 23.8 Å². The number of anilines is 1. The molecule has 1 aromatic heterocycles. The van der Waals surface area contributed by atoms with E-state index in [9.17, 15) is 4.79 Å². The fraction of sp³-hybridized carbons (Fsp3) is 0.429. The Balaban J connectivity index is 1.65. The number of fused-ring (bicyclic) bond motifs is 1. The number of ether oxygens (including phenoxy) is 1. The van der Waals surface area contributed by atoms with Gasteiger partial charge in [-0.15, -0.1) is 0 Å². The van der Waals surface area contributed by atoms with Gasteiger partial charge in [0.1, 0.15) is 5.52 Å². The van der Waals surface area contributed by atoms with Gasteiger partial charge in [-0.3, -0.25) is 4.79 Å². The Hall–Kier alpha value is -2.08. The van der Waals surface area contributed by atoms with E-state index < -0.39 is 5.91 Å². The molecule has 0 unspecified atom stereocenters. The number of hydrogen-bond acceptors (Lipinski definition) is 5. The van der Waals surface area contributed by atoms with E-state index in [1.165, 1.54) is 0 Å². The van der Waals surface area contributed by atoms with Gasteiger partial charge in [0.15, 0.2) is 5.58 Å². The summed E-state index contributed by atoms with van der Waals surface area (Å²) in [6.07, 6.45) is 1.09. The normalized spacial score (nSPS) is 20.5. The lowest BCUT2D eigenvalue weighted by Crippen LogP contribution is -2.57. The Morgan fingerprint density at radius 2 is 2.35 bits per heavy atom. The zero-order valence-corrected chi connectivity index (χ0v) is 10.9. The highest BCUT2D eigenvalue weighted by Crippen LogP contribution is 2.41. The minimum absolute atomic E-state index is 0.263. The van der Waals surface area contributed by atoms with Crippen LogP contribution < -0.4 is 10.6 Å². The molecule has 2 fully saturated rings. The van der Waals surface area contributed by atoms with E-state index in [-0.39, 0.29) is 11.0 Å². The summed E-state index contributed by atoms with van der Waals surface area (Å²) >= 11 is 0. The summed E-state index contributed by atoms with van der Waals surface area (Å²) in [5.41, 5.74) is 6.91. The molecule has 2 N–H and O–H groups in total. The average molecular weight is 272 g/mol. The van der Waals surface area contributed by atoms with Crippen molar-refractivity contribution in [2.75, 3.05) is 31.2 Å². The summed E-state index contributed by atoms with van der Waals surface area (Å²) in [5, 5.41) is 0. The highest BCUT2D eigenvalue weighted by Gasteiger charge is 2.47. The molecule has 6 nitrogen and oxygen atoms in total. The van der Waals surface area contributed by atoms with E-state index in [0.29, 0.717) is 17.1 Å². The first-order valence-corrected chi connectivity index (χ1v) is 6.61. The zero-order chi connectivity index (χ0) is 13.7. The number of hydrogen-bond donors (Lipinski definition) is 1. The largest absolute Gasteiger partial charge is 0.423 e. The van der Waals surface area contributed by atoms with E-state index in [0.717, 1.165) is 32.7 Å². The third-order valence-electron chi connectivity index (χ3n) is 4.10. The van der Waals surface area contributed by atoms with E-state index in [4.69, 9.17) is 14.9 Å². The van der Waals surface area contributed by atoms with Gasteiger partial charge in [0, 0.05) is 25.1 Å². The van der Waals surface area contributed by atoms with Crippen LogP contribution in [0.5, 0.6) is 0 Å². The van der Waals surface area contributed by atoms with Crippen LogP contribution in [0.25, 0.3) is 11.1 Å². The molecule has 0 atom stereocenters. The summed E-state index contributed by atoms with van der Waals surface area (Å²) < 4.78 is 11.2. The molecule has 0 bridgehead atoms. The van der Waals surface area contributed by atoms with Crippen molar-refractivity contribution in [3.63, 3.8) is 0 Å². The van der Waals surface area contributed by atoms with Crippen LogP contribution in [-0.4, -0.2) is 37.2 Å². The van der Waals surface area contributed by atoms with Crippen molar-refractivity contribution in [2.45, 2.75) is 6.42 Å². The maximum absolute atomic E-state index is 11.4. The van der Waals surface area contributed by atoms with Crippen molar-refractivity contribution >= 4 is 23.0 Å². The van der Waals surface area contributed by atoms with E-state index in [1.54, 1.807) is 12.1 Å². The minimum atomic E-state index is -0.542. The predicted molar refractivity (Wildman–Crippen MR) is 71.4 cm³/mol. The molecule has 3 heterocycles. The van der Waals surface area contributed by atoms with Gasteiger partial charge in [-0.2, -0.15) is 4.98 Å². The lowest BCUT2D eigenvalue weighted by atomic mass is 9.80. The average Bonchev–Trinajstić information content (AvgIpc) is 3.02. The Morgan fingerprint density at radius 1 is 1.50 bits per heavy atom. The summed E-state index contributed by atoms with van der Waals surface area (Å²) in [5.74, 6) is -0.542. The molecule has 103 valence electrons. The summed E-state index contributed by atoms with van der Waals surface area (Å²) in [4.78, 5) is 17.8. The summed E-state index contributed by atoms with van der Waals surface area (Å²) in [7, 11) is 0. The van der Waals surface area contributed by atoms with E-state index in [2.05, 4.69) is 16.0 Å². The number of benzene rings is 1. The molecule has 2 saturated heterocycles. The predicted octanol–water partition coefficient (Wildman–Crippen LogP) is 0.954. The molecule has 1 spiro atoms. The van der Waals surface area contributed by atoms with Gasteiger partial charge in [-0.1, -0.05) is 0 Å². The summed E-state index contributed by atoms with van der Waals surface area (Å²) in [6, 6.07) is 6.72. The number of aromatic nitrogens is 1. The van der Waals surface area contributed by atoms with Crippen LogP contribution >= 0.6 is 0 Å². The number of primary amides is 1. The van der Waals surface area contributed by atoms with Crippen molar-refractivity contribution in [1.82, 2.24) is 4.98 Å². The molecular weight excluding hydrogens is 258 g/mol. The van der Waals surface area contributed by atoms with E-state index >= 15 is 0 Å². The number of carbonyl (C=O) groups excluding carboxylic acids is 1. The lowest BCUT2D eigenvalue weighted by Gasteiger charge is -2.46. The molecule has 1 amide bonds. The monoisotopic (exact) mass is 272 g/mol. The van der Waals surface area contributed by atoms with E-state index in [1.807, 2.05) is 0 Å². The molecule has 2 aromatic rings. The lowest BCUT2D eigenvalue weighted by molar-refractivity contribution is 0.100. The van der Waals surface area contributed by atoms with Crippen LogP contribution in [0.3, 0.4) is 0 Å². The first-order chi connectivity index (χ1) is 9.67. The molecule has 2 aliphatic heterocycles. The first kappa shape index (κ1) is 11.7. The quantitative estimate of drug-likeness (QED) is 0.880. The van der Waals surface area contributed by atoms with Crippen molar-refractivity contribution in [3.8, 4) is 0 Å². The molecule has 4 rings (SSSR count). The maximum Gasteiger partial charge on any atom is 0.298 e. The fourth-order valence-corrected chi connectivity index (χ4v) is 3.00. The van der Waals surface area contributed by atoms with Crippen molar-refractivity contribution in [2.24, 2.45) is 11.1 Å². The van der Waals surface area contributed by atoms with Gasteiger partial charge in [0.2, 0.25) is 0 Å². The van der Waals surface area contributed by atoms with Gasteiger partial charge >= 0.3 is 0 Å². The molecule has 0 saturated carbocycles. The standard InChI is InChI=1S/C14H14N3O3/c15-12(18)9-2-1-3-10-11(9)16-13(20-10)17-6-14(7-17)4-5-19-8-14/h1,3H,4-8H2,(H2,15,18). The second-order valence-electron chi connectivity index (χ2n) is 5.58. The van der Waals surface area contributed by atoms with Gasteiger partial charge in [-0.25, -0.2) is 0 Å². The van der Waals surface area contributed by atoms with Crippen LogP contribution in [0.4, 0.5) is 6.01 Å². The second kappa shape index (κ2) is 3.96. The molecule has 1 radical (unpaired) electrons. The third-order valence-corrected chi connectivity index (χ3v) is 4.10. The van der Waals surface area contributed by atoms with Crippen molar-refractivity contribution < 1.29 is 13.9 Å². The smallest absolute Gasteiger partial charge is 0.298 e. The number of nitrogens with two attached hydrogens (primary N) is 1. The zero-order valence-electron chi connectivity index (χ0n) is 10.9. The van der Waals surface area contributed by atoms with Crippen LogP contribution in [0.1, 0.15) is 16.8 Å². The topological polar surface area (TPSA) is 81.6 Å². The Bertz CT molecular complexity index is 680. The number of oxazole rings is 1. The maximum atomic E-state index is 11.4. The molecule has 6 heteroatoms. The van der Waals surface area contributed by atoms with Gasteiger partial charge in [-0.05, 0) is 24.6 Å². The fourth-order valence-electron chi connectivity index (χ4n) is 3.00. The molecule has 1 aromatic carbocycles. The Morgan fingerprint density at radius 3 is 3.05 bits per heavy atom. The third kappa shape index (κ3) is 1.61. The highest BCUT2D eigenvalue weighted by atomic mass is 16.5. The first-order valence-electron chi connectivity index (χ1n) is 6.61. The molecule has 2 aliphatic rings. The van der Waals surface area contributed by atoms with Crippen LogP contribution in [0.15, 0.2) is 16.5 Å². The second-order valence-corrected chi connectivity index (χ2v) is 5.58.